The number of carboxylic acid groups (broad SMARTS) is 1. The molecule has 11 N–H and O–H groups in total. The van der Waals surface area contributed by atoms with E-state index in [4.69, 9.17) is 22.9 Å². The molecule has 0 aromatic rings. The van der Waals surface area contributed by atoms with Gasteiger partial charge in [0.15, 0.2) is 5.96 Å². The molecule has 192 valence electrons. The lowest BCUT2D eigenvalue weighted by Crippen LogP contribution is -2.57. The highest BCUT2D eigenvalue weighted by Gasteiger charge is 2.37. The van der Waals surface area contributed by atoms with Crippen molar-refractivity contribution in [3.8, 4) is 0 Å². The second-order valence-electron chi connectivity index (χ2n) is 7.89. The van der Waals surface area contributed by atoms with Gasteiger partial charge in [-0.2, -0.15) is 12.6 Å². The maximum atomic E-state index is 12.8. The van der Waals surface area contributed by atoms with Gasteiger partial charge in [-0.3, -0.25) is 24.2 Å². The maximum absolute atomic E-state index is 12.8. The first-order valence-corrected chi connectivity index (χ1v) is 11.4. The Hall–Kier alpha value is -3.07. The van der Waals surface area contributed by atoms with Crippen LogP contribution in [0.3, 0.4) is 0 Å². The summed E-state index contributed by atoms with van der Waals surface area (Å²) in [6.45, 7) is 0.660. The molecule has 1 aliphatic rings. The lowest BCUT2D eigenvalue weighted by atomic mass is 10.1. The van der Waals surface area contributed by atoms with E-state index in [1.807, 2.05) is 0 Å². The third kappa shape index (κ3) is 9.43. The van der Waals surface area contributed by atoms with Gasteiger partial charge in [-0.15, -0.1) is 0 Å². The quantitative estimate of drug-likeness (QED) is 0.0509. The Morgan fingerprint density at radius 2 is 1.76 bits per heavy atom. The monoisotopic (exact) mass is 502 g/mol. The minimum Gasteiger partial charge on any atom is -0.480 e. The van der Waals surface area contributed by atoms with Crippen LogP contribution in [0.5, 0.6) is 0 Å². The van der Waals surface area contributed by atoms with Gasteiger partial charge in [-0.1, -0.05) is 0 Å². The summed E-state index contributed by atoms with van der Waals surface area (Å²) in [5.41, 5.74) is 21.5. The molecule has 1 heterocycles. The Balaban J connectivity index is 2.72. The molecule has 0 aromatic carbocycles. The molecule has 14 nitrogen and oxygen atoms in total. The topological polar surface area (TPSA) is 249 Å². The molecule has 15 heteroatoms. The van der Waals surface area contributed by atoms with Gasteiger partial charge in [0.25, 0.3) is 0 Å². The second kappa shape index (κ2) is 14.2. The van der Waals surface area contributed by atoms with Gasteiger partial charge < -0.3 is 43.6 Å². The van der Waals surface area contributed by atoms with Crippen LogP contribution in [0.1, 0.15) is 38.5 Å². The van der Waals surface area contributed by atoms with Gasteiger partial charge in [-0.05, 0) is 32.1 Å². The largest absolute Gasteiger partial charge is 0.480 e. The second-order valence-corrected chi connectivity index (χ2v) is 8.26. The van der Waals surface area contributed by atoms with Crippen LogP contribution in [-0.4, -0.2) is 88.6 Å². The molecular weight excluding hydrogens is 468 g/mol. The number of carboxylic acids is 1. The minimum atomic E-state index is -1.36. The number of aliphatic carboxylic acids is 1. The highest BCUT2D eigenvalue weighted by Crippen LogP contribution is 2.19. The van der Waals surface area contributed by atoms with Crippen LogP contribution < -0.4 is 33.6 Å². The first kappa shape index (κ1) is 29.0. The third-order valence-electron chi connectivity index (χ3n) is 5.23. The summed E-state index contributed by atoms with van der Waals surface area (Å²) in [6.07, 6.45) is 1.34. The van der Waals surface area contributed by atoms with Gasteiger partial charge >= 0.3 is 5.97 Å². The molecule has 0 spiro atoms. The van der Waals surface area contributed by atoms with Gasteiger partial charge in [0.05, 0.1) is 6.04 Å². The predicted octanol–water partition coefficient (Wildman–Crippen LogP) is -3.39. The molecule has 34 heavy (non-hydrogen) atoms. The van der Waals surface area contributed by atoms with Crippen molar-refractivity contribution in [1.82, 2.24) is 15.5 Å². The average molecular weight is 503 g/mol. The van der Waals surface area contributed by atoms with E-state index in [0.29, 0.717) is 38.8 Å². The van der Waals surface area contributed by atoms with Crippen LogP contribution >= 0.6 is 12.6 Å². The number of amides is 4. The summed E-state index contributed by atoms with van der Waals surface area (Å²) in [5.74, 6) is -3.98. The number of hydrogen-bond donors (Lipinski definition) is 8. The summed E-state index contributed by atoms with van der Waals surface area (Å²) in [7, 11) is 0. The number of nitrogens with zero attached hydrogens (tertiary/aromatic N) is 2. The number of rotatable bonds is 14. The molecular formula is C19H34N8O6S. The fourth-order valence-electron chi connectivity index (χ4n) is 3.44. The van der Waals surface area contributed by atoms with Crippen molar-refractivity contribution < 1.29 is 29.1 Å². The van der Waals surface area contributed by atoms with E-state index >= 15 is 0 Å². The molecule has 0 radical (unpaired) electrons. The molecule has 1 rings (SSSR count). The Morgan fingerprint density at radius 3 is 2.32 bits per heavy atom. The Labute approximate surface area is 202 Å². The molecule has 0 bridgehead atoms. The zero-order valence-electron chi connectivity index (χ0n) is 18.8. The molecule has 0 saturated carbocycles. The van der Waals surface area contributed by atoms with Crippen molar-refractivity contribution in [2.24, 2.45) is 27.9 Å². The lowest BCUT2D eigenvalue weighted by Gasteiger charge is -2.28. The molecule has 4 amide bonds. The number of nitrogens with one attached hydrogen (secondary N) is 2. The fourth-order valence-corrected chi connectivity index (χ4v) is 3.69. The summed E-state index contributed by atoms with van der Waals surface area (Å²) in [5, 5.41) is 14.0. The number of carbonyl (C=O) groups is 5. The van der Waals surface area contributed by atoms with Crippen LogP contribution in [0.15, 0.2) is 4.99 Å². The zero-order chi connectivity index (χ0) is 25.8. The number of aliphatic imine (C=N–C) groups is 1. The van der Waals surface area contributed by atoms with Crippen LogP contribution in [0.25, 0.3) is 0 Å². The highest BCUT2D eigenvalue weighted by atomic mass is 32.1. The van der Waals surface area contributed by atoms with Crippen LogP contribution in [-0.2, 0) is 24.0 Å². The summed E-state index contributed by atoms with van der Waals surface area (Å²) in [6, 6.07) is -4.18. The van der Waals surface area contributed by atoms with Crippen molar-refractivity contribution in [1.29, 1.82) is 0 Å². The minimum absolute atomic E-state index is 0.0542. The molecule has 1 aliphatic heterocycles. The van der Waals surface area contributed by atoms with E-state index in [1.165, 1.54) is 4.90 Å². The lowest BCUT2D eigenvalue weighted by molar-refractivity contribution is -0.143. The van der Waals surface area contributed by atoms with Gasteiger partial charge in [0.1, 0.15) is 18.1 Å². The SMILES string of the molecule is NC(=O)CCC(NC(=O)C(CS)NC(=O)C1CCCN1C(=O)C(N)CCCN=C(N)N)C(=O)O. The summed E-state index contributed by atoms with van der Waals surface area (Å²) >= 11 is 4.06. The standard InChI is InChI=1S/C19H34N8O6S/c20-10(3-1-7-24-19(22)23)17(31)27-8-2-4-13(27)16(30)26-12(9-34)15(29)25-11(18(32)33)5-6-14(21)28/h10-13,34H,1-9,20H2,(H2,21,28)(H,25,29)(H,26,30)(H,32,33)(H4,22,23,24). The molecule has 1 saturated heterocycles. The van der Waals surface area contributed by atoms with Crippen LogP contribution in [0, 0.1) is 0 Å². The van der Waals surface area contributed by atoms with Crippen molar-refractivity contribution in [2.75, 3.05) is 18.8 Å². The van der Waals surface area contributed by atoms with E-state index < -0.39 is 53.8 Å². The highest BCUT2D eigenvalue weighted by molar-refractivity contribution is 7.80. The van der Waals surface area contributed by atoms with Crippen LogP contribution in [0.2, 0.25) is 0 Å². The average Bonchev–Trinajstić information content (AvgIpc) is 3.26. The number of nitrogens with two attached hydrogens (primary N) is 4. The predicted molar refractivity (Wildman–Crippen MR) is 126 cm³/mol. The Kier molecular flexibility index (Phi) is 12.1. The van der Waals surface area contributed by atoms with Gasteiger partial charge in [-0.25, -0.2) is 4.79 Å². The molecule has 0 aromatic heterocycles. The van der Waals surface area contributed by atoms with Crippen LogP contribution in [0.4, 0.5) is 0 Å². The molecule has 4 atom stereocenters. The third-order valence-corrected chi connectivity index (χ3v) is 5.60. The zero-order valence-corrected chi connectivity index (χ0v) is 19.7. The smallest absolute Gasteiger partial charge is 0.326 e. The number of carbonyl (C=O) groups excluding carboxylic acids is 4. The van der Waals surface area contributed by atoms with Crippen molar-refractivity contribution in [3.05, 3.63) is 0 Å². The summed E-state index contributed by atoms with van der Waals surface area (Å²) in [4.78, 5) is 65.6. The van der Waals surface area contributed by atoms with Crippen molar-refractivity contribution in [2.45, 2.75) is 62.7 Å². The fraction of sp³-hybridized carbons (Fsp3) is 0.684. The van der Waals surface area contributed by atoms with E-state index in [9.17, 15) is 29.1 Å². The maximum Gasteiger partial charge on any atom is 0.326 e. The first-order chi connectivity index (χ1) is 16.0. The van der Waals surface area contributed by atoms with Gasteiger partial charge in [0, 0.05) is 25.3 Å². The van der Waals surface area contributed by atoms with Crippen molar-refractivity contribution in [3.63, 3.8) is 0 Å². The normalized spacial score (nSPS) is 17.8. The number of thiol groups is 1. The van der Waals surface area contributed by atoms with Crippen molar-refractivity contribution >= 4 is 48.2 Å². The summed E-state index contributed by atoms with van der Waals surface area (Å²) < 4.78 is 0. The van der Waals surface area contributed by atoms with E-state index in [-0.39, 0.29) is 24.6 Å². The first-order valence-electron chi connectivity index (χ1n) is 10.8. The molecule has 4 unspecified atom stereocenters. The Bertz CT molecular complexity index is 791. The number of primary amides is 1. The number of guanidine groups is 1. The van der Waals surface area contributed by atoms with E-state index in [0.717, 1.165) is 0 Å². The van der Waals surface area contributed by atoms with E-state index in [1.54, 1.807) is 0 Å². The van der Waals surface area contributed by atoms with E-state index in [2.05, 4.69) is 28.3 Å². The number of likely N-dealkylation sites (tertiary alicyclic amines) is 1. The molecule has 0 aliphatic carbocycles. The van der Waals surface area contributed by atoms with Gasteiger partial charge in [0.2, 0.25) is 23.6 Å². The molecule has 1 fully saturated rings. The number of hydrogen-bond acceptors (Lipinski definition) is 8. The Morgan fingerprint density at radius 1 is 1.09 bits per heavy atom.